The van der Waals surface area contributed by atoms with Crippen molar-refractivity contribution in [2.24, 2.45) is 0 Å². The number of halogens is 6. The molecule has 0 aliphatic carbocycles. The number of benzene rings is 2. The predicted molar refractivity (Wildman–Crippen MR) is 70.1 cm³/mol. The van der Waals surface area contributed by atoms with E-state index in [1.165, 1.54) is 0 Å². The number of hydrogen-bond donors (Lipinski definition) is 1. The Bertz CT molecular complexity index is 654. The van der Waals surface area contributed by atoms with E-state index in [0.717, 1.165) is 36.4 Å². The molecule has 1 nitrogen and oxygen atoms in total. The second kappa shape index (κ2) is 5.89. The molecular formula is C14H9ClF5N. The van der Waals surface area contributed by atoms with Gasteiger partial charge in [-0.25, -0.2) is 8.78 Å². The Morgan fingerprint density at radius 1 is 1.00 bits per heavy atom. The maximum atomic E-state index is 13.4. The topological polar surface area (TPSA) is 12.0 Å². The van der Waals surface area contributed by atoms with Crippen LogP contribution in [0.15, 0.2) is 36.4 Å². The zero-order valence-electron chi connectivity index (χ0n) is 10.4. The van der Waals surface area contributed by atoms with Crippen molar-refractivity contribution in [1.82, 2.24) is 0 Å². The molecule has 0 spiro atoms. The van der Waals surface area contributed by atoms with Crippen LogP contribution in [0.1, 0.15) is 11.1 Å². The largest absolute Gasteiger partial charge is 0.416 e. The van der Waals surface area contributed by atoms with Gasteiger partial charge in [-0.1, -0.05) is 11.6 Å². The van der Waals surface area contributed by atoms with Gasteiger partial charge in [-0.05, 0) is 36.4 Å². The molecule has 0 fully saturated rings. The highest BCUT2D eigenvalue weighted by atomic mass is 35.5. The molecule has 2 aromatic carbocycles. The van der Waals surface area contributed by atoms with E-state index in [4.69, 9.17) is 11.6 Å². The molecule has 0 saturated heterocycles. The standard InChI is InChI=1S/C14H9ClF5N/c15-11-3-1-9(14(18,19)20)6-13(11)21-7-8-5-10(16)2-4-12(8)17/h1-6,21H,7H2. The molecule has 0 saturated carbocycles. The Labute approximate surface area is 122 Å². The number of anilines is 1. The second-order valence-corrected chi connectivity index (χ2v) is 4.69. The van der Waals surface area contributed by atoms with Crippen molar-refractivity contribution < 1.29 is 22.0 Å². The number of hydrogen-bond acceptors (Lipinski definition) is 1. The summed E-state index contributed by atoms with van der Waals surface area (Å²) in [6, 6.07) is 5.62. The minimum atomic E-state index is -4.51. The number of alkyl halides is 3. The molecule has 1 N–H and O–H groups in total. The zero-order valence-corrected chi connectivity index (χ0v) is 11.2. The molecule has 0 aromatic heterocycles. The molecule has 0 aliphatic heterocycles. The fraction of sp³-hybridized carbons (Fsp3) is 0.143. The van der Waals surface area contributed by atoms with Gasteiger partial charge in [0.25, 0.3) is 0 Å². The Kier molecular flexibility index (Phi) is 4.37. The molecule has 0 radical (unpaired) electrons. The third kappa shape index (κ3) is 3.85. The first-order valence-corrected chi connectivity index (χ1v) is 6.20. The van der Waals surface area contributed by atoms with E-state index in [0.29, 0.717) is 0 Å². The Morgan fingerprint density at radius 2 is 1.71 bits per heavy atom. The molecule has 0 heterocycles. The van der Waals surface area contributed by atoms with Gasteiger partial charge in [0.05, 0.1) is 16.3 Å². The van der Waals surface area contributed by atoms with Crippen LogP contribution in [0.2, 0.25) is 5.02 Å². The van der Waals surface area contributed by atoms with E-state index in [2.05, 4.69) is 5.32 Å². The van der Waals surface area contributed by atoms with Gasteiger partial charge in [0.1, 0.15) is 11.6 Å². The lowest BCUT2D eigenvalue weighted by Gasteiger charge is -2.13. The Hall–Kier alpha value is -1.82. The molecule has 21 heavy (non-hydrogen) atoms. The molecular weight excluding hydrogens is 313 g/mol. The van der Waals surface area contributed by atoms with E-state index in [9.17, 15) is 22.0 Å². The van der Waals surface area contributed by atoms with Crippen LogP contribution in [0.25, 0.3) is 0 Å². The van der Waals surface area contributed by atoms with Crippen molar-refractivity contribution >= 4 is 17.3 Å². The smallest absolute Gasteiger partial charge is 0.380 e. The maximum absolute atomic E-state index is 13.4. The quantitative estimate of drug-likeness (QED) is 0.761. The van der Waals surface area contributed by atoms with Gasteiger partial charge in [-0.15, -0.1) is 0 Å². The summed E-state index contributed by atoms with van der Waals surface area (Å²) in [4.78, 5) is 0. The zero-order chi connectivity index (χ0) is 15.6. The number of rotatable bonds is 3. The molecule has 112 valence electrons. The van der Waals surface area contributed by atoms with Gasteiger partial charge >= 0.3 is 6.18 Å². The summed E-state index contributed by atoms with van der Waals surface area (Å²) in [5.41, 5.74) is -0.896. The average molecular weight is 322 g/mol. The van der Waals surface area contributed by atoms with Crippen LogP contribution in [0.3, 0.4) is 0 Å². The molecule has 0 amide bonds. The van der Waals surface area contributed by atoms with E-state index in [1.807, 2.05) is 0 Å². The molecule has 0 bridgehead atoms. The molecule has 7 heteroatoms. The molecule has 0 unspecified atom stereocenters. The average Bonchev–Trinajstić information content (AvgIpc) is 2.40. The lowest BCUT2D eigenvalue weighted by atomic mass is 10.1. The highest BCUT2D eigenvalue weighted by Gasteiger charge is 2.30. The highest BCUT2D eigenvalue weighted by Crippen LogP contribution is 2.34. The van der Waals surface area contributed by atoms with Crippen LogP contribution in [0.4, 0.5) is 27.6 Å². The van der Waals surface area contributed by atoms with Crippen molar-refractivity contribution in [3.63, 3.8) is 0 Å². The van der Waals surface area contributed by atoms with Crippen LogP contribution >= 0.6 is 11.6 Å². The second-order valence-electron chi connectivity index (χ2n) is 4.28. The van der Waals surface area contributed by atoms with E-state index in [1.54, 1.807) is 0 Å². The summed E-state index contributed by atoms with van der Waals surface area (Å²) in [7, 11) is 0. The summed E-state index contributed by atoms with van der Waals surface area (Å²) in [5, 5.41) is 2.63. The molecule has 2 rings (SSSR count). The van der Waals surface area contributed by atoms with Gasteiger partial charge < -0.3 is 5.32 Å². The van der Waals surface area contributed by atoms with Crippen molar-refractivity contribution in [2.75, 3.05) is 5.32 Å². The summed E-state index contributed by atoms with van der Waals surface area (Å²) in [6.07, 6.45) is -4.51. The SMILES string of the molecule is Fc1ccc(F)c(CNc2cc(C(F)(F)F)ccc2Cl)c1. The monoisotopic (exact) mass is 321 g/mol. The molecule has 2 aromatic rings. The van der Waals surface area contributed by atoms with Crippen molar-refractivity contribution in [3.05, 3.63) is 64.2 Å². The Balaban J connectivity index is 2.22. The third-order valence-corrected chi connectivity index (χ3v) is 3.10. The number of nitrogens with one attached hydrogen (secondary N) is 1. The summed E-state index contributed by atoms with van der Waals surface area (Å²) >= 11 is 5.79. The van der Waals surface area contributed by atoms with Gasteiger partial charge in [0.15, 0.2) is 0 Å². The van der Waals surface area contributed by atoms with Gasteiger partial charge in [-0.2, -0.15) is 13.2 Å². The summed E-state index contributed by atoms with van der Waals surface area (Å²) in [5.74, 6) is -1.30. The van der Waals surface area contributed by atoms with E-state index in [-0.39, 0.29) is 22.8 Å². The molecule has 0 atom stereocenters. The van der Waals surface area contributed by atoms with Gasteiger partial charge in [-0.3, -0.25) is 0 Å². The van der Waals surface area contributed by atoms with Crippen LogP contribution in [0, 0.1) is 11.6 Å². The fourth-order valence-corrected chi connectivity index (χ4v) is 1.89. The predicted octanol–water partition coefficient (Wildman–Crippen LogP) is 5.25. The highest BCUT2D eigenvalue weighted by molar-refractivity contribution is 6.33. The van der Waals surface area contributed by atoms with Crippen LogP contribution in [-0.2, 0) is 12.7 Å². The van der Waals surface area contributed by atoms with E-state index >= 15 is 0 Å². The molecule has 0 aliphatic rings. The van der Waals surface area contributed by atoms with Crippen LogP contribution < -0.4 is 5.32 Å². The Morgan fingerprint density at radius 3 is 2.38 bits per heavy atom. The van der Waals surface area contributed by atoms with Gasteiger partial charge in [0.2, 0.25) is 0 Å². The summed E-state index contributed by atoms with van der Waals surface area (Å²) < 4.78 is 64.2. The van der Waals surface area contributed by atoms with Crippen molar-refractivity contribution in [3.8, 4) is 0 Å². The lowest BCUT2D eigenvalue weighted by molar-refractivity contribution is -0.137. The van der Waals surface area contributed by atoms with Crippen molar-refractivity contribution in [2.45, 2.75) is 12.7 Å². The van der Waals surface area contributed by atoms with E-state index < -0.39 is 23.4 Å². The first kappa shape index (κ1) is 15.6. The fourth-order valence-electron chi connectivity index (χ4n) is 1.71. The van der Waals surface area contributed by atoms with Crippen molar-refractivity contribution in [1.29, 1.82) is 0 Å². The summed E-state index contributed by atoms with van der Waals surface area (Å²) in [6.45, 7) is -0.190. The minimum absolute atomic E-state index is 0.00449. The van der Waals surface area contributed by atoms with Crippen LogP contribution in [0.5, 0.6) is 0 Å². The maximum Gasteiger partial charge on any atom is 0.416 e. The van der Waals surface area contributed by atoms with Crippen LogP contribution in [-0.4, -0.2) is 0 Å². The first-order valence-electron chi connectivity index (χ1n) is 5.82. The first-order chi connectivity index (χ1) is 9.77. The minimum Gasteiger partial charge on any atom is -0.380 e. The van der Waals surface area contributed by atoms with Gasteiger partial charge in [0, 0.05) is 12.1 Å². The third-order valence-electron chi connectivity index (χ3n) is 2.77. The normalized spacial score (nSPS) is 11.5. The lowest BCUT2D eigenvalue weighted by Crippen LogP contribution is -2.07.